The summed E-state index contributed by atoms with van der Waals surface area (Å²) in [4.78, 5) is 27.2. The molecule has 37 heavy (non-hydrogen) atoms. The standard InChI is InChI=1S/C31H33Br2NO3/c1-17-6-8-18(9-7-17)16-37-29-20(32)10-19(11-21(29)33)26-27-22(12-30(2,3)14-24(27)35)34-23-13-31(4,5)15-25(36)28(23)26/h6-11,26,34H,12-16H2,1-5H3. The predicted molar refractivity (Wildman–Crippen MR) is 153 cm³/mol. The third-order valence-corrected chi connectivity index (χ3v) is 8.75. The van der Waals surface area contributed by atoms with Crippen molar-refractivity contribution in [2.45, 2.75) is 72.8 Å². The second-order valence-electron chi connectivity index (χ2n) is 12.3. The second kappa shape index (κ2) is 9.53. The van der Waals surface area contributed by atoms with Crippen LogP contribution in [0, 0.1) is 17.8 Å². The first-order valence-electron chi connectivity index (χ1n) is 12.8. The topological polar surface area (TPSA) is 55.4 Å². The number of rotatable bonds is 4. The maximum absolute atomic E-state index is 13.6. The summed E-state index contributed by atoms with van der Waals surface area (Å²) in [5.74, 6) is 0.575. The summed E-state index contributed by atoms with van der Waals surface area (Å²) in [6, 6.07) is 12.3. The normalized spacial score (nSPS) is 20.9. The van der Waals surface area contributed by atoms with Crippen molar-refractivity contribution < 1.29 is 14.3 Å². The van der Waals surface area contributed by atoms with E-state index >= 15 is 0 Å². The Kier molecular flexibility index (Phi) is 6.81. The van der Waals surface area contributed by atoms with Crippen LogP contribution in [0.5, 0.6) is 5.75 Å². The third-order valence-electron chi connectivity index (χ3n) is 7.58. The maximum Gasteiger partial charge on any atom is 0.162 e. The summed E-state index contributed by atoms with van der Waals surface area (Å²) in [6.45, 7) is 11.1. The lowest BCUT2D eigenvalue weighted by atomic mass is 9.64. The summed E-state index contributed by atoms with van der Waals surface area (Å²) in [5.41, 5.74) is 6.43. The molecule has 2 aromatic carbocycles. The van der Waals surface area contributed by atoms with Gasteiger partial charge in [-0.15, -0.1) is 0 Å². The number of benzene rings is 2. The fraction of sp³-hybridized carbons (Fsp3) is 0.419. The molecule has 0 atom stereocenters. The fourth-order valence-electron chi connectivity index (χ4n) is 5.95. The van der Waals surface area contributed by atoms with E-state index in [1.165, 1.54) is 5.56 Å². The number of halogens is 2. The van der Waals surface area contributed by atoms with Gasteiger partial charge in [0.2, 0.25) is 0 Å². The molecule has 0 bridgehead atoms. The van der Waals surface area contributed by atoms with Crippen molar-refractivity contribution in [2.24, 2.45) is 10.8 Å². The van der Waals surface area contributed by atoms with Crippen LogP contribution in [0.4, 0.5) is 0 Å². The summed E-state index contributed by atoms with van der Waals surface area (Å²) in [7, 11) is 0. The molecule has 0 saturated carbocycles. The Morgan fingerprint density at radius 3 is 1.81 bits per heavy atom. The second-order valence-corrected chi connectivity index (χ2v) is 14.0. The summed E-state index contributed by atoms with van der Waals surface area (Å²) >= 11 is 7.44. The molecule has 0 radical (unpaired) electrons. The number of dihydropyridines is 1. The highest BCUT2D eigenvalue weighted by atomic mass is 79.9. The minimum Gasteiger partial charge on any atom is -0.487 e. The molecular formula is C31H33Br2NO3. The molecule has 0 aromatic heterocycles. The molecule has 0 fully saturated rings. The van der Waals surface area contributed by atoms with E-state index < -0.39 is 0 Å². The van der Waals surface area contributed by atoms with E-state index in [4.69, 9.17) is 4.74 Å². The Labute approximate surface area is 236 Å². The molecule has 5 rings (SSSR count). The van der Waals surface area contributed by atoms with E-state index in [0.29, 0.717) is 25.2 Å². The Hall–Kier alpha value is -2.18. The summed E-state index contributed by atoms with van der Waals surface area (Å²) < 4.78 is 7.76. The molecule has 194 valence electrons. The van der Waals surface area contributed by atoms with Crippen LogP contribution in [0.3, 0.4) is 0 Å². The van der Waals surface area contributed by atoms with Gasteiger partial charge in [0.25, 0.3) is 0 Å². The first-order valence-corrected chi connectivity index (χ1v) is 14.4. The minimum atomic E-state index is -0.378. The van der Waals surface area contributed by atoms with E-state index in [-0.39, 0.29) is 28.3 Å². The third kappa shape index (κ3) is 5.24. The lowest BCUT2D eigenvalue weighted by Gasteiger charge is -2.44. The van der Waals surface area contributed by atoms with Crippen molar-refractivity contribution >= 4 is 43.4 Å². The first-order chi connectivity index (χ1) is 17.3. The Morgan fingerprint density at radius 1 is 0.838 bits per heavy atom. The van der Waals surface area contributed by atoms with E-state index in [1.54, 1.807) is 0 Å². The van der Waals surface area contributed by atoms with Crippen LogP contribution < -0.4 is 10.1 Å². The Morgan fingerprint density at radius 2 is 1.32 bits per heavy atom. The lowest BCUT2D eigenvalue weighted by molar-refractivity contribution is -0.119. The zero-order chi connectivity index (χ0) is 26.7. The van der Waals surface area contributed by atoms with Crippen LogP contribution in [0.1, 0.15) is 76.0 Å². The van der Waals surface area contributed by atoms with E-state index in [1.807, 2.05) is 12.1 Å². The highest BCUT2D eigenvalue weighted by Crippen LogP contribution is 2.52. The van der Waals surface area contributed by atoms with Crippen molar-refractivity contribution in [3.05, 3.63) is 84.6 Å². The van der Waals surface area contributed by atoms with Gasteiger partial charge in [0.05, 0.1) is 8.95 Å². The van der Waals surface area contributed by atoms with E-state index in [0.717, 1.165) is 55.5 Å². The number of hydrogen-bond acceptors (Lipinski definition) is 4. The first kappa shape index (κ1) is 26.4. The van der Waals surface area contributed by atoms with Crippen molar-refractivity contribution in [1.29, 1.82) is 0 Å². The molecule has 3 aliphatic rings. The average molecular weight is 627 g/mol. The highest BCUT2D eigenvalue weighted by Gasteiger charge is 2.46. The number of ether oxygens (including phenoxy) is 1. The number of Topliss-reactive ketones (excluding diaryl/α,β-unsaturated/α-hetero) is 2. The zero-order valence-corrected chi connectivity index (χ0v) is 25.2. The number of nitrogens with one attached hydrogen (secondary N) is 1. The van der Waals surface area contributed by atoms with E-state index in [9.17, 15) is 9.59 Å². The van der Waals surface area contributed by atoms with Crippen molar-refractivity contribution in [3.63, 3.8) is 0 Å². The number of carbonyl (C=O) groups is 2. The van der Waals surface area contributed by atoms with Crippen LogP contribution in [0.2, 0.25) is 0 Å². The van der Waals surface area contributed by atoms with Crippen LogP contribution in [-0.4, -0.2) is 11.6 Å². The number of hydrogen-bond donors (Lipinski definition) is 1. The Bertz CT molecular complexity index is 1290. The largest absolute Gasteiger partial charge is 0.487 e. The number of allylic oxidation sites excluding steroid dienone is 4. The zero-order valence-electron chi connectivity index (χ0n) is 22.1. The molecule has 0 spiro atoms. The van der Waals surface area contributed by atoms with Gasteiger partial charge in [-0.1, -0.05) is 57.5 Å². The molecule has 1 aliphatic heterocycles. The van der Waals surface area contributed by atoms with Gasteiger partial charge in [0, 0.05) is 41.3 Å². The average Bonchev–Trinajstić information content (AvgIpc) is 2.76. The molecule has 1 heterocycles. The van der Waals surface area contributed by atoms with Gasteiger partial charge in [-0.25, -0.2) is 0 Å². The quantitative estimate of drug-likeness (QED) is 0.373. The van der Waals surface area contributed by atoms with Crippen LogP contribution >= 0.6 is 31.9 Å². The van der Waals surface area contributed by atoms with E-state index in [2.05, 4.69) is 96.1 Å². The van der Waals surface area contributed by atoms with Crippen molar-refractivity contribution in [1.82, 2.24) is 5.32 Å². The molecule has 6 heteroatoms. The summed E-state index contributed by atoms with van der Waals surface area (Å²) in [6.07, 6.45) is 2.53. The van der Waals surface area contributed by atoms with Crippen LogP contribution in [0.15, 0.2) is 67.9 Å². The lowest BCUT2D eigenvalue weighted by Crippen LogP contribution is -2.42. The van der Waals surface area contributed by atoms with Crippen molar-refractivity contribution in [3.8, 4) is 5.75 Å². The van der Waals surface area contributed by atoms with Crippen LogP contribution in [0.25, 0.3) is 0 Å². The molecule has 0 unspecified atom stereocenters. The number of aryl methyl sites for hydroxylation is 1. The van der Waals surface area contributed by atoms with Crippen molar-refractivity contribution in [2.75, 3.05) is 0 Å². The number of carbonyl (C=O) groups excluding carboxylic acids is 2. The van der Waals surface area contributed by atoms with Gasteiger partial charge in [-0.3, -0.25) is 9.59 Å². The van der Waals surface area contributed by atoms with Crippen LogP contribution in [-0.2, 0) is 16.2 Å². The van der Waals surface area contributed by atoms with Gasteiger partial charge in [-0.2, -0.15) is 0 Å². The molecule has 0 saturated heterocycles. The van der Waals surface area contributed by atoms with Gasteiger partial charge in [-0.05, 0) is 85.7 Å². The fourth-order valence-corrected chi connectivity index (χ4v) is 7.40. The predicted octanol–water partition coefficient (Wildman–Crippen LogP) is 8.07. The molecule has 1 N–H and O–H groups in total. The highest BCUT2D eigenvalue weighted by molar-refractivity contribution is 9.11. The number of ketones is 2. The van der Waals surface area contributed by atoms with Gasteiger partial charge in [0.1, 0.15) is 12.4 Å². The van der Waals surface area contributed by atoms with Gasteiger partial charge < -0.3 is 10.1 Å². The molecule has 4 nitrogen and oxygen atoms in total. The SMILES string of the molecule is Cc1ccc(COc2c(Br)cc(C3C4=C(CC(C)(C)CC4=O)NC4=C3C(=O)CC(C)(C)C4)cc2Br)cc1. The molecule has 0 amide bonds. The maximum atomic E-state index is 13.6. The monoisotopic (exact) mass is 625 g/mol. The summed E-state index contributed by atoms with van der Waals surface area (Å²) in [5, 5.41) is 3.58. The Balaban J connectivity index is 1.56. The molecular weight excluding hydrogens is 594 g/mol. The molecule has 2 aliphatic carbocycles. The van der Waals surface area contributed by atoms with Gasteiger partial charge >= 0.3 is 0 Å². The molecule has 2 aromatic rings. The smallest absolute Gasteiger partial charge is 0.162 e. The minimum absolute atomic E-state index is 0.117. The van der Waals surface area contributed by atoms with Gasteiger partial charge in [0.15, 0.2) is 11.6 Å².